The smallest absolute Gasteiger partial charge is 0.325 e. The van der Waals surface area contributed by atoms with Crippen LogP contribution in [0.1, 0.15) is 13.8 Å². The zero-order valence-electron chi connectivity index (χ0n) is 11.8. The fourth-order valence-corrected chi connectivity index (χ4v) is 0.609. The minimum Gasteiger partial charge on any atom is -0.508 e. The van der Waals surface area contributed by atoms with Gasteiger partial charge in [-0.2, -0.15) is 0 Å². The number of rotatable bonds is 3. The van der Waals surface area contributed by atoms with Gasteiger partial charge in [0.05, 0.1) is 6.85 Å². The molecule has 0 aliphatic rings. The highest BCUT2D eigenvalue weighted by molar-refractivity contribution is 5.76. The lowest BCUT2D eigenvalue weighted by Crippen LogP contribution is -2.25. The molecular formula is C9H11NO3. The van der Waals surface area contributed by atoms with Crippen LogP contribution >= 0.6 is 0 Å². The number of hydrogen-bond donors (Lipinski definition) is 3. The molecule has 0 saturated heterocycles. The standard InChI is InChI=1S/C9H11NO3/c1-6(9(12)13)10-7-2-4-8(11)5-3-7/h2-6,10-11H,1H3,(H,12,13)/t6-/m0/s1/i2D,3D,4D,5D,6D. The van der Waals surface area contributed by atoms with E-state index in [1.165, 1.54) is 0 Å². The monoisotopic (exact) mass is 186 g/mol. The van der Waals surface area contributed by atoms with Crippen molar-refractivity contribution >= 4 is 11.7 Å². The third-order valence-corrected chi connectivity index (χ3v) is 1.25. The Balaban J connectivity index is 3.39. The molecule has 0 aliphatic carbocycles. The van der Waals surface area contributed by atoms with Crippen LogP contribution in [-0.2, 0) is 4.79 Å². The fourth-order valence-electron chi connectivity index (χ4n) is 0.609. The normalized spacial score (nSPS) is 19.9. The first-order valence-electron chi connectivity index (χ1n) is 5.90. The fraction of sp³-hybridized carbons (Fsp3) is 0.222. The number of nitrogens with one attached hydrogen (secondary N) is 1. The second kappa shape index (κ2) is 3.80. The van der Waals surface area contributed by atoms with Gasteiger partial charge in [0.1, 0.15) is 11.8 Å². The molecule has 0 saturated carbocycles. The molecule has 1 rings (SSSR count). The molecule has 0 aliphatic heterocycles. The Morgan fingerprint density at radius 3 is 2.62 bits per heavy atom. The van der Waals surface area contributed by atoms with Gasteiger partial charge in [-0.05, 0) is 31.1 Å². The highest BCUT2D eigenvalue weighted by Crippen LogP contribution is 2.14. The molecule has 0 bridgehead atoms. The molecule has 0 heterocycles. The molecule has 1 aromatic rings. The number of hydrogen-bond acceptors (Lipinski definition) is 3. The van der Waals surface area contributed by atoms with Crippen LogP contribution in [0.4, 0.5) is 5.69 Å². The van der Waals surface area contributed by atoms with E-state index in [0.29, 0.717) is 0 Å². The van der Waals surface area contributed by atoms with Crippen molar-refractivity contribution in [2.45, 2.75) is 12.9 Å². The van der Waals surface area contributed by atoms with E-state index in [-0.39, 0.29) is 0 Å². The summed E-state index contributed by atoms with van der Waals surface area (Å²) in [4.78, 5) is 10.8. The first kappa shape index (κ1) is 4.50. The van der Waals surface area contributed by atoms with Gasteiger partial charge in [0.25, 0.3) is 0 Å². The van der Waals surface area contributed by atoms with E-state index in [1.807, 2.05) is 0 Å². The molecule has 0 radical (unpaired) electrons. The maximum Gasteiger partial charge on any atom is 0.325 e. The largest absolute Gasteiger partial charge is 0.508 e. The van der Waals surface area contributed by atoms with E-state index in [2.05, 4.69) is 5.32 Å². The third-order valence-electron chi connectivity index (χ3n) is 1.25. The average molecular weight is 186 g/mol. The predicted molar refractivity (Wildman–Crippen MR) is 48.8 cm³/mol. The molecule has 0 fully saturated rings. The van der Waals surface area contributed by atoms with Crippen LogP contribution in [0.25, 0.3) is 0 Å². The topological polar surface area (TPSA) is 69.6 Å². The van der Waals surface area contributed by atoms with Gasteiger partial charge in [0.15, 0.2) is 0 Å². The second-order valence-corrected chi connectivity index (χ2v) is 2.28. The molecule has 4 heteroatoms. The van der Waals surface area contributed by atoms with Gasteiger partial charge in [-0.15, -0.1) is 0 Å². The van der Waals surface area contributed by atoms with Crippen molar-refractivity contribution in [3.63, 3.8) is 0 Å². The van der Waals surface area contributed by atoms with E-state index in [9.17, 15) is 9.90 Å². The number of carboxylic acid groups (broad SMARTS) is 1. The summed E-state index contributed by atoms with van der Waals surface area (Å²) in [6, 6.07) is -4.86. The van der Waals surface area contributed by atoms with Crippen LogP contribution in [0.15, 0.2) is 24.2 Å². The van der Waals surface area contributed by atoms with Crippen molar-refractivity contribution in [3.05, 3.63) is 24.2 Å². The van der Waals surface area contributed by atoms with Crippen molar-refractivity contribution in [1.29, 1.82) is 0 Å². The zero-order valence-corrected chi connectivity index (χ0v) is 6.80. The maximum atomic E-state index is 10.8. The van der Waals surface area contributed by atoms with E-state index < -0.39 is 47.6 Å². The van der Waals surface area contributed by atoms with E-state index in [1.54, 1.807) is 0 Å². The molecule has 0 aromatic heterocycles. The Labute approximate surface area is 82.9 Å². The van der Waals surface area contributed by atoms with Crippen molar-refractivity contribution in [2.75, 3.05) is 5.32 Å². The van der Waals surface area contributed by atoms with E-state index in [4.69, 9.17) is 12.0 Å². The summed E-state index contributed by atoms with van der Waals surface area (Å²) in [5.74, 6) is -2.36. The van der Waals surface area contributed by atoms with Gasteiger partial charge < -0.3 is 15.5 Å². The Morgan fingerprint density at radius 2 is 2.15 bits per heavy atom. The van der Waals surface area contributed by atoms with Crippen LogP contribution in [-0.4, -0.2) is 22.2 Å². The van der Waals surface area contributed by atoms with Crippen LogP contribution in [0.3, 0.4) is 0 Å². The zero-order chi connectivity index (χ0) is 14.2. The van der Waals surface area contributed by atoms with Crippen LogP contribution in [0.5, 0.6) is 5.75 Å². The number of carbonyl (C=O) groups is 1. The number of aromatic hydroxyl groups is 1. The summed E-state index contributed by atoms with van der Waals surface area (Å²) in [6.45, 7) is 0.994. The van der Waals surface area contributed by atoms with Crippen LogP contribution in [0.2, 0.25) is 0 Å². The number of carboxylic acids is 1. The maximum absolute atomic E-state index is 10.8. The summed E-state index contributed by atoms with van der Waals surface area (Å²) in [7, 11) is 0. The van der Waals surface area contributed by atoms with Gasteiger partial charge in [0.2, 0.25) is 0 Å². The number of phenols is 1. The minimum absolute atomic E-state index is 0.442. The molecule has 0 unspecified atom stereocenters. The first-order valence-corrected chi connectivity index (χ1v) is 3.40. The number of anilines is 1. The average Bonchev–Trinajstić information content (AvgIpc) is 2.29. The molecule has 4 nitrogen and oxygen atoms in total. The number of phenolic OH excluding ortho intramolecular Hbond substituents is 1. The molecule has 1 aromatic carbocycles. The summed E-state index contributed by atoms with van der Waals surface area (Å²) in [5, 5.41) is 20.2. The van der Waals surface area contributed by atoms with Gasteiger partial charge >= 0.3 is 5.97 Å². The lowest BCUT2D eigenvalue weighted by Gasteiger charge is -2.09. The van der Waals surface area contributed by atoms with Gasteiger partial charge in [-0.25, -0.2) is 0 Å². The Bertz CT molecular complexity index is 488. The second-order valence-electron chi connectivity index (χ2n) is 2.28. The quantitative estimate of drug-likeness (QED) is 0.622. The summed E-state index contributed by atoms with van der Waals surface area (Å²) in [6.07, 6.45) is 0. The molecule has 1 atom stereocenters. The third kappa shape index (κ3) is 2.66. The highest BCUT2D eigenvalue weighted by atomic mass is 16.4. The molecule has 13 heavy (non-hydrogen) atoms. The van der Waals surface area contributed by atoms with E-state index >= 15 is 0 Å². The van der Waals surface area contributed by atoms with Crippen LogP contribution < -0.4 is 5.32 Å². The Kier molecular flexibility index (Phi) is 1.32. The molecule has 70 valence electrons. The molecule has 3 N–H and O–H groups in total. The lowest BCUT2D eigenvalue weighted by atomic mass is 10.2. The SMILES string of the molecule is [2H]c1c([2H])c(N[C@@]([2H])(C)C(=O)O)c([2H])c([2H])c1O. The van der Waals surface area contributed by atoms with Crippen LogP contribution in [0, 0.1) is 0 Å². The minimum atomic E-state index is -2.21. The van der Waals surface area contributed by atoms with Gasteiger partial charge in [0, 0.05) is 5.69 Å². The molecular weight excluding hydrogens is 170 g/mol. The first-order chi connectivity index (χ1) is 8.09. The van der Waals surface area contributed by atoms with Crippen molar-refractivity contribution in [3.8, 4) is 5.75 Å². The summed E-state index contributed by atoms with van der Waals surface area (Å²) >= 11 is 0. The molecule has 0 spiro atoms. The predicted octanol–water partition coefficient (Wildman–Crippen LogP) is 1.28. The number of benzene rings is 1. The van der Waals surface area contributed by atoms with Gasteiger partial charge in [-0.3, -0.25) is 4.79 Å². The van der Waals surface area contributed by atoms with Crippen molar-refractivity contribution in [1.82, 2.24) is 0 Å². The number of aliphatic carboxylic acids is 1. The Hall–Kier alpha value is -1.71. The Morgan fingerprint density at radius 1 is 1.62 bits per heavy atom. The van der Waals surface area contributed by atoms with Crippen molar-refractivity contribution in [2.24, 2.45) is 0 Å². The van der Waals surface area contributed by atoms with E-state index in [0.717, 1.165) is 6.92 Å². The van der Waals surface area contributed by atoms with Crippen molar-refractivity contribution < 1.29 is 21.9 Å². The highest BCUT2D eigenvalue weighted by Gasteiger charge is 2.09. The summed E-state index contributed by atoms with van der Waals surface area (Å²) < 4.78 is 37.2. The lowest BCUT2D eigenvalue weighted by molar-refractivity contribution is -0.137. The van der Waals surface area contributed by atoms with Gasteiger partial charge in [-0.1, -0.05) is 0 Å². The summed E-state index contributed by atoms with van der Waals surface area (Å²) in [5.41, 5.74) is -0.442. The molecule has 0 amide bonds.